The number of hydrogen-bond donors (Lipinski definition) is 1. The van der Waals surface area contributed by atoms with Crippen LogP contribution >= 0.6 is 0 Å². The first-order valence-electron chi connectivity index (χ1n) is 4.82. The van der Waals surface area contributed by atoms with Gasteiger partial charge in [0.15, 0.2) is 0 Å². The zero-order valence-corrected chi connectivity index (χ0v) is 9.39. The smallest absolute Gasteiger partial charge is 0.407 e. The Morgan fingerprint density at radius 1 is 1.44 bits per heavy atom. The van der Waals surface area contributed by atoms with Gasteiger partial charge in [-0.05, 0) is 6.92 Å². The van der Waals surface area contributed by atoms with Crippen molar-refractivity contribution in [1.29, 1.82) is 0 Å². The highest BCUT2D eigenvalue weighted by molar-refractivity contribution is 6.37. The Bertz CT molecular complexity index is 262. The molecule has 0 atom stereocenters. The highest BCUT2D eigenvalue weighted by atomic mass is 19.4. The summed E-state index contributed by atoms with van der Waals surface area (Å²) in [6.07, 6.45) is -4.36. The summed E-state index contributed by atoms with van der Waals surface area (Å²) >= 11 is 0. The highest BCUT2D eigenvalue weighted by Crippen LogP contribution is 2.12. The molecule has 0 saturated heterocycles. The number of carbonyl (C=O) groups is 1. The van der Waals surface area contributed by atoms with Crippen LogP contribution in [0.3, 0.4) is 0 Å². The van der Waals surface area contributed by atoms with E-state index in [1.807, 2.05) is 5.43 Å². The fourth-order valence-corrected chi connectivity index (χ4v) is 0.830. The summed E-state index contributed by atoms with van der Waals surface area (Å²) in [7, 11) is 0. The van der Waals surface area contributed by atoms with Crippen molar-refractivity contribution in [2.75, 3.05) is 13.2 Å². The molecule has 0 aromatic heterocycles. The van der Waals surface area contributed by atoms with E-state index in [0.717, 1.165) is 0 Å². The molecule has 0 amide bonds. The SMILES string of the molecule is CCOC(=O)C(=NNCC(F)(F)F)C(C)C. The third-order valence-corrected chi connectivity index (χ3v) is 1.51. The Morgan fingerprint density at radius 2 is 2.00 bits per heavy atom. The average Bonchev–Trinajstić information content (AvgIpc) is 2.10. The lowest BCUT2D eigenvalue weighted by molar-refractivity contribution is -0.135. The van der Waals surface area contributed by atoms with Crippen LogP contribution in [0.5, 0.6) is 0 Å². The van der Waals surface area contributed by atoms with Gasteiger partial charge in [-0.2, -0.15) is 18.3 Å². The van der Waals surface area contributed by atoms with Crippen molar-refractivity contribution in [3.63, 3.8) is 0 Å². The van der Waals surface area contributed by atoms with E-state index in [1.165, 1.54) is 0 Å². The van der Waals surface area contributed by atoms with Gasteiger partial charge < -0.3 is 10.2 Å². The molecular weight excluding hydrogens is 225 g/mol. The van der Waals surface area contributed by atoms with Crippen molar-refractivity contribution in [2.24, 2.45) is 11.0 Å². The van der Waals surface area contributed by atoms with Crippen molar-refractivity contribution < 1.29 is 22.7 Å². The molecule has 94 valence electrons. The van der Waals surface area contributed by atoms with E-state index in [1.54, 1.807) is 20.8 Å². The second kappa shape index (κ2) is 6.34. The van der Waals surface area contributed by atoms with E-state index >= 15 is 0 Å². The number of rotatable bonds is 5. The summed E-state index contributed by atoms with van der Waals surface area (Å²) in [5, 5.41) is 3.40. The molecule has 1 N–H and O–H groups in total. The molecule has 0 unspecified atom stereocenters. The predicted octanol–water partition coefficient (Wildman–Crippen LogP) is 1.71. The third-order valence-electron chi connectivity index (χ3n) is 1.51. The van der Waals surface area contributed by atoms with Gasteiger partial charge >= 0.3 is 12.1 Å². The fraction of sp³-hybridized carbons (Fsp3) is 0.778. The number of hydrogen-bond acceptors (Lipinski definition) is 4. The lowest BCUT2D eigenvalue weighted by atomic mass is 10.1. The van der Waals surface area contributed by atoms with Gasteiger partial charge in [-0.25, -0.2) is 4.79 Å². The summed E-state index contributed by atoms with van der Waals surface area (Å²) < 4.78 is 40.1. The molecule has 0 radical (unpaired) electrons. The molecule has 0 aromatic carbocycles. The number of halogens is 3. The summed E-state index contributed by atoms with van der Waals surface area (Å²) in [4.78, 5) is 11.3. The van der Waals surface area contributed by atoms with Gasteiger partial charge in [0.25, 0.3) is 0 Å². The normalized spacial score (nSPS) is 12.8. The predicted molar refractivity (Wildman–Crippen MR) is 53.0 cm³/mol. The summed E-state index contributed by atoms with van der Waals surface area (Å²) in [6.45, 7) is 3.78. The molecule has 0 bridgehead atoms. The van der Waals surface area contributed by atoms with Gasteiger partial charge in [0.05, 0.1) is 6.61 Å². The number of nitrogens with one attached hydrogen (secondary N) is 1. The molecule has 0 aliphatic carbocycles. The van der Waals surface area contributed by atoms with Crippen LogP contribution in [0.25, 0.3) is 0 Å². The topological polar surface area (TPSA) is 50.7 Å². The first kappa shape index (κ1) is 14.7. The van der Waals surface area contributed by atoms with E-state index in [4.69, 9.17) is 0 Å². The van der Waals surface area contributed by atoms with Crippen LogP contribution in [0.15, 0.2) is 5.10 Å². The molecule has 0 aliphatic heterocycles. The molecule has 0 saturated carbocycles. The van der Waals surface area contributed by atoms with Crippen LogP contribution in [0.2, 0.25) is 0 Å². The van der Waals surface area contributed by atoms with E-state index < -0.39 is 18.7 Å². The van der Waals surface area contributed by atoms with Gasteiger partial charge in [-0.15, -0.1) is 0 Å². The van der Waals surface area contributed by atoms with Crippen LogP contribution in [-0.2, 0) is 9.53 Å². The van der Waals surface area contributed by atoms with E-state index in [0.29, 0.717) is 0 Å². The first-order chi connectivity index (χ1) is 7.28. The molecule has 0 aromatic rings. The minimum atomic E-state index is -4.36. The van der Waals surface area contributed by atoms with Crippen LogP contribution in [0.4, 0.5) is 13.2 Å². The van der Waals surface area contributed by atoms with Crippen LogP contribution < -0.4 is 5.43 Å². The summed E-state index contributed by atoms with van der Waals surface area (Å²) in [6, 6.07) is 0. The maximum Gasteiger partial charge on any atom is 0.407 e. The second-order valence-electron chi connectivity index (χ2n) is 3.32. The van der Waals surface area contributed by atoms with Crippen molar-refractivity contribution in [2.45, 2.75) is 26.9 Å². The second-order valence-corrected chi connectivity index (χ2v) is 3.32. The molecule has 0 heterocycles. The van der Waals surface area contributed by atoms with E-state index in [-0.39, 0.29) is 18.2 Å². The quantitative estimate of drug-likeness (QED) is 0.452. The lowest BCUT2D eigenvalue weighted by Gasteiger charge is -2.10. The molecule has 0 aliphatic rings. The number of alkyl halides is 3. The molecular formula is C9H15F3N2O2. The maximum absolute atomic E-state index is 11.8. The van der Waals surface area contributed by atoms with Crippen molar-refractivity contribution in [1.82, 2.24) is 5.43 Å². The lowest BCUT2D eigenvalue weighted by Crippen LogP contribution is -2.30. The number of hydrazone groups is 1. The van der Waals surface area contributed by atoms with Crippen molar-refractivity contribution in [3.05, 3.63) is 0 Å². The zero-order chi connectivity index (χ0) is 12.8. The Hall–Kier alpha value is -1.27. The van der Waals surface area contributed by atoms with Gasteiger partial charge in [-0.1, -0.05) is 13.8 Å². The van der Waals surface area contributed by atoms with Crippen molar-refractivity contribution >= 4 is 11.7 Å². The monoisotopic (exact) mass is 240 g/mol. The molecule has 0 rings (SSSR count). The minimum absolute atomic E-state index is 0.0499. The third kappa shape index (κ3) is 6.26. The summed E-state index contributed by atoms with van der Waals surface area (Å²) in [5.41, 5.74) is 1.76. The van der Waals surface area contributed by atoms with E-state index in [9.17, 15) is 18.0 Å². The Labute approximate surface area is 91.8 Å². The van der Waals surface area contributed by atoms with Gasteiger partial charge in [0.2, 0.25) is 0 Å². The molecule has 4 nitrogen and oxygen atoms in total. The number of nitrogens with zero attached hydrogens (tertiary/aromatic N) is 1. The zero-order valence-electron chi connectivity index (χ0n) is 9.39. The molecule has 7 heteroatoms. The van der Waals surface area contributed by atoms with Crippen LogP contribution in [0, 0.1) is 5.92 Å². The Morgan fingerprint density at radius 3 is 2.38 bits per heavy atom. The van der Waals surface area contributed by atoms with Gasteiger partial charge in [0, 0.05) is 5.92 Å². The van der Waals surface area contributed by atoms with Crippen molar-refractivity contribution in [3.8, 4) is 0 Å². The fourth-order valence-electron chi connectivity index (χ4n) is 0.830. The number of carbonyl (C=O) groups excluding carboxylic acids is 1. The largest absolute Gasteiger partial charge is 0.461 e. The number of esters is 1. The maximum atomic E-state index is 11.8. The van der Waals surface area contributed by atoms with Gasteiger partial charge in [0.1, 0.15) is 12.3 Å². The summed E-state index contributed by atoms with van der Waals surface area (Å²) in [5.74, 6) is -1.01. The van der Waals surface area contributed by atoms with E-state index in [2.05, 4.69) is 9.84 Å². The molecule has 0 spiro atoms. The standard InChI is InChI=1S/C9H15F3N2O2/c1-4-16-8(15)7(6(2)3)14-13-5-9(10,11)12/h6,13H,4-5H2,1-3H3. The first-order valence-corrected chi connectivity index (χ1v) is 4.82. The highest BCUT2D eigenvalue weighted by Gasteiger charge is 2.27. The van der Waals surface area contributed by atoms with Gasteiger partial charge in [-0.3, -0.25) is 0 Å². The van der Waals surface area contributed by atoms with Crippen LogP contribution in [-0.4, -0.2) is 31.0 Å². The van der Waals surface area contributed by atoms with Crippen LogP contribution in [0.1, 0.15) is 20.8 Å². The molecule has 16 heavy (non-hydrogen) atoms. The average molecular weight is 240 g/mol. The minimum Gasteiger partial charge on any atom is -0.461 e. The number of ether oxygens (including phenoxy) is 1. The molecule has 0 fully saturated rings. The Balaban J connectivity index is 4.42. The Kier molecular flexibility index (Phi) is 5.84.